The van der Waals surface area contributed by atoms with Gasteiger partial charge in [0.25, 0.3) is 5.91 Å². The number of carbonyl (C=O) groups excluding carboxylic acids is 2. The number of thiophene rings is 1. The van der Waals surface area contributed by atoms with Gasteiger partial charge in [-0.15, -0.1) is 11.3 Å². The van der Waals surface area contributed by atoms with Crippen molar-refractivity contribution >= 4 is 29.1 Å². The van der Waals surface area contributed by atoms with Gasteiger partial charge in [-0.3, -0.25) is 9.59 Å². The van der Waals surface area contributed by atoms with Crippen LogP contribution < -0.4 is 10.6 Å². The molecule has 1 saturated carbocycles. The standard InChI is InChI=1S/C17H24N2O5S/c1-4-24-12-10-17(15(22)23,16(12,2)3)19-13(20)7-8-18-14(21)11-6-5-9-25-11/h5-6,9,12H,4,7-8,10H2,1-3H3,(H,18,21)(H,19,20)(H,22,23). The molecular formula is C17H24N2O5S. The number of hydrogen-bond donors (Lipinski definition) is 3. The van der Waals surface area contributed by atoms with Crippen LogP contribution in [0.3, 0.4) is 0 Å². The summed E-state index contributed by atoms with van der Waals surface area (Å²) >= 11 is 1.32. The molecule has 2 amide bonds. The van der Waals surface area contributed by atoms with Crippen LogP contribution in [0, 0.1) is 5.41 Å². The van der Waals surface area contributed by atoms with E-state index in [-0.39, 0.29) is 31.4 Å². The molecule has 138 valence electrons. The molecule has 0 spiro atoms. The molecule has 1 aromatic heterocycles. The van der Waals surface area contributed by atoms with Crippen molar-refractivity contribution in [3.63, 3.8) is 0 Å². The second kappa shape index (κ2) is 7.53. The lowest BCUT2D eigenvalue weighted by atomic mass is 9.54. The lowest BCUT2D eigenvalue weighted by molar-refractivity contribution is -0.194. The van der Waals surface area contributed by atoms with Crippen molar-refractivity contribution in [3.8, 4) is 0 Å². The van der Waals surface area contributed by atoms with Crippen LogP contribution in [-0.4, -0.2) is 47.7 Å². The molecule has 2 unspecified atom stereocenters. The maximum atomic E-state index is 12.2. The van der Waals surface area contributed by atoms with E-state index in [1.165, 1.54) is 11.3 Å². The highest BCUT2D eigenvalue weighted by Crippen LogP contribution is 2.51. The molecule has 1 aliphatic carbocycles. The number of aliphatic carboxylic acids is 1. The number of ether oxygens (including phenoxy) is 1. The molecular weight excluding hydrogens is 344 g/mol. The molecule has 1 heterocycles. The molecule has 1 aliphatic rings. The average molecular weight is 368 g/mol. The molecule has 1 aromatic rings. The summed E-state index contributed by atoms with van der Waals surface area (Å²) < 4.78 is 5.56. The van der Waals surface area contributed by atoms with Gasteiger partial charge in [-0.1, -0.05) is 19.9 Å². The molecule has 25 heavy (non-hydrogen) atoms. The highest BCUT2D eigenvalue weighted by atomic mass is 32.1. The first-order valence-electron chi connectivity index (χ1n) is 8.22. The lowest BCUT2D eigenvalue weighted by Crippen LogP contribution is -2.76. The minimum absolute atomic E-state index is 0.0154. The number of rotatable bonds is 8. The van der Waals surface area contributed by atoms with Gasteiger partial charge in [0, 0.05) is 31.4 Å². The van der Waals surface area contributed by atoms with E-state index in [0.717, 1.165) is 0 Å². The van der Waals surface area contributed by atoms with Gasteiger partial charge in [-0.05, 0) is 18.4 Å². The Hall–Kier alpha value is -1.93. The Balaban J connectivity index is 1.89. The quantitative estimate of drug-likeness (QED) is 0.647. The van der Waals surface area contributed by atoms with Crippen LogP contribution in [-0.2, 0) is 14.3 Å². The molecule has 2 atom stereocenters. The van der Waals surface area contributed by atoms with E-state index in [2.05, 4.69) is 10.6 Å². The first-order valence-corrected chi connectivity index (χ1v) is 9.10. The molecule has 0 radical (unpaired) electrons. The normalized spacial score (nSPS) is 24.2. The number of carboxylic acids is 1. The van der Waals surface area contributed by atoms with Gasteiger partial charge in [0.2, 0.25) is 5.91 Å². The van der Waals surface area contributed by atoms with Gasteiger partial charge in [0.05, 0.1) is 11.0 Å². The van der Waals surface area contributed by atoms with Crippen LogP contribution >= 0.6 is 11.3 Å². The highest BCUT2D eigenvalue weighted by Gasteiger charge is 2.66. The van der Waals surface area contributed by atoms with Crippen LogP contribution in [0.1, 0.15) is 43.3 Å². The molecule has 2 rings (SSSR count). The number of nitrogens with one attached hydrogen (secondary N) is 2. The van der Waals surface area contributed by atoms with E-state index in [1.807, 2.05) is 6.92 Å². The smallest absolute Gasteiger partial charge is 0.330 e. The summed E-state index contributed by atoms with van der Waals surface area (Å²) in [6.07, 6.45) is 0.0327. The van der Waals surface area contributed by atoms with Gasteiger partial charge in [-0.25, -0.2) is 4.79 Å². The fourth-order valence-corrected chi connectivity index (χ4v) is 3.76. The van der Waals surface area contributed by atoms with Gasteiger partial charge >= 0.3 is 5.97 Å². The zero-order chi connectivity index (χ0) is 18.7. The van der Waals surface area contributed by atoms with E-state index in [1.54, 1.807) is 31.4 Å². The third kappa shape index (κ3) is 3.69. The molecule has 8 heteroatoms. The number of hydrogen-bond acceptors (Lipinski definition) is 5. The van der Waals surface area contributed by atoms with Crippen molar-refractivity contribution in [2.75, 3.05) is 13.2 Å². The largest absolute Gasteiger partial charge is 0.479 e. The Kier molecular flexibility index (Phi) is 5.84. The third-order valence-corrected chi connectivity index (χ3v) is 5.73. The molecule has 0 saturated heterocycles. The molecule has 0 aliphatic heterocycles. The fraction of sp³-hybridized carbons (Fsp3) is 0.588. The van der Waals surface area contributed by atoms with E-state index >= 15 is 0 Å². The van der Waals surface area contributed by atoms with Crippen LogP contribution in [0.5, 0.6) is 0 Å². The first-order chi connectivity index (χ1) is 11.7. The predicted molar refractivity (Wildman–Crippen MR) is 93.6 cm³/mol. The average Bonchev–Trinajstić information content (AvgIpc) is 3.07. The number of amides is 2. The van der Waals surface area contributed by atoms with E-state index < -0.39 is 22.8 Å². The summed E-state index contributed by atoms with van der Waals surface area (Å²) in [7, 11) is 0. The van der Waals surface area contributed by atoms with Crippen LogP contribution in [0.2, 0.25) is 0 Å². The van der Waals surface area contributed by atoms with Crippen molar-refractivity contribution < 1.29 is 24.2 Å². The minimum atomic E-state index is -1.35. The van der Waals surface area contributed by atoms with Crippen molar-refractivity contribution in [1.82, 2.24) is 10.6 Å². The first kappa shape index (κ1) is 19.4. The van der Waals surface area contributed by atoms with Gasteiger partial charge < -0.3 is 20.5 Å². The highest BCUT2D eigenvalue weighted by molar-refractivity contribution is 7.12. The maximum absolute atomic E-state index is 12.2. The second-order valence-corrected chi connectivity index (χ2v) is 7.56. The summed E-state index contributed by atoms with van der Waals surface area (Å²) in [4.78, 5) is 36.4. The van der Waals surface area contributed by atoms with Gasteiger partial charge in [-0.2, -0.15) is 0 Å². The Morgan fingerprint density at radius 1 is 1.40 bits per heavy atom. The molecule has 3 N–H and O–H groups in total. The molecule has 0 aromatic carbocycles. The molecule has 1 fully saturated rings. The Bertz CT molecular complexity index is 643. The monoisotopic (exact) mass is 368 g/mol. The summed E-state index contributed by atoms with van der Waals surface area (Å²) in [6.45, 7) is 6.05. The van der Waals surface area contributed by atoms with Crippen molar-refractivity contribution in [1.29, 1.82) is 0 Å². The lowest BCUT2D eigenvalue weighted by Gasteiger charge is -2.58. The third-order valence-electron chi connectivity index (χ3n) is 4.86. The van der Waals surface area contributed by atoms with E-state index in [4.69, 9.17) is 4.74 Å². The molecule has 0 bridgehead atoms. The number of carbonyl (C=O) groups is 3. The van der Waals surface area contributed by atoms with E-state index in [0.29, 0.717) is 11.5 Å². The summed E-state index contributed by atoms with van der Waals surface area (Å²) in [5.41, 5.74) is -2.06. The summed E-state index contributed by atoms with van der Waals surface area (Å²) in [5, 5.41) is 16.8. The van der Waals surface area contributed by atoms with Crippen molar-refractivity contribution in [3.05, 3.63) is 22.4 Å². The van der Waals surface area contributed by atoms with Crippen molar-refractivity contribution in [2.24, 2.45) is 5.41 Å². The fourth-order valence-electron chi connectivity index (χ4n) is 3.12. The van der Waals surface area contributed by atoms with Crippen LogP contribution in [0.4, 0.5) is 0 Å². The van der Waals surface area contributed by atoms with Crippen LogP contribution in [0.15, 0.2) is 17.5 Å². The summed E-state index contributed by atoms with van der Waals surface area (Å²) in [5.74, 6) is -1.71. The van der Waals surface area contributed by atoms with Crippen LogP contribution in [0.25, 0.3) is 0 Å². The summed E-state index contributed by atoms with van der Waals surface area (Å²) in [6, 6.07) is 3.47. The van der Waals surface area contributed by atoms with Crippen molar-refractivity contribution in [2.45, 2.75) is 45.3 Å². The zero-order valence-electron chi connectivity index (χ0n) is 14.6. The zero-order valence-corrected chi connectivity index (χ0v) is 15.4. The number of carboxylic acid groups (broad SMARTS) is 1. The Labute approximate surface area is 150 Å². The van der Waals surface area contributed by atoms with Gasteiger partial charge in [0.1, 0.15) is 5.54 Å². The second-order valence-electron chi connectivity index (χ2n) is 6.61. The topological polar surface area (TPSA) is 105 Å². The maximum Gasteiger partial charge on any atom is 0.330 e. The predicted octanol–water partition coefficient (Wildman–Crippen LogP) is 1.64. The van der Waals surface area contributed by atoms with E-state index in [9.17, 15) is 19.5 Å². The molecule has 7 nitrogen and oxygen atoms in total. The Morgan fingerprint density at radius 3 is 2.64 bits per heavy atom. The Morgan fingerprint density at radius 2 is 2.12 bits per heavy atom. The SMILES string of the molecule is CCOC1CC(NC(=O)CCNC(=O)c2cccs2)(C(=O)O)C1(C)C. The minimum Gasteiger partial charge on any atom is -0.479 e. The van der Waals surface area contributed by atoms with Gasteiger partial charge in [0.15, 0.2) is 0 Å².